The van der Waals surface area contributed by atoms with Gasteiger partial charge < -0.3 is 18.9 Å². The van der Waals surface area contributed by atoms with Crippen molar-refractivity contribution in [2.24, 2.45) is 5.11 Å². The number of hydrogen-bond donors (Lipinski definition) is 0. The fourth-order valence-electron chi connectivity index (χ4n) is 1.82. The summed E-state index contributed by atoms with van der Waals surface area (Å²) in [6.45, 7) is 0.270. The van der Waals surface area contributed by atoms with E-state index in [4.69, 9.17) is 24.5 Å². The third-order valence-corrected chi connectivity index (χ3v) is 2.61. The zero-order valence-electron chi connectivity index (χ0n) is 9.70. The van der Waals surface area contributed by atoms with Crippen molar-refractivity contribution in [3.8, 4) is 0 Å². The summed E-state index contributed by atoms with van der Waals surface area (Å²) in [6.07, 6.45) is -0.465. The largest absolute Gasteiger partial charge is 0.378 e. The quantitative estimate of drug-likeness (QED) is 0.402. The maximum Gasteiger partial charge on any atom is 0.186 e. The van der Waals surface area contributed by atoms with E-state index in [0.717, 1.165) is 0 Å². The molecule has 92 valence electrons. The number of ether oxygens (including phenoxy) is 4. The van der Waals surface area contributed by atoms with Crippen LogP contribution in [0, 0.1) is 0 Å². The van der Waals surface area contributed by atoms with Crippen molar-refractivity contribution in [3.05, 3.63) is 10.4 Å². The first-order valence-corrected chi connectivity index (χ1v) is 5.01. The molecule has 16 heavy (non-hydrogen) atoms. The van der Waals surface area contributed by atoms with Gasteiger partial charge in [-0.25, -0.2) is 0 Å². The second kappa shape index (κ2) is 6.67. The van der Waals surface area contributed by atoms with Gasteiger partial charge in [0.2, 0.25) is 0 Å². The molecule has 0 amide bonds. The molecular formula is C9H17N3O4. The Hall–Kier alpha value is -0.850. The predicted molar refractivity (Wildman–Crippen MR) is 55.9 cm³/mol. The zero-order valence-corrected chi connectivity index (χ0v) is 9.70. The van der Waals surface area contributed by atoms with Crippen molar-refractivity contribution in [2.45, 2.75) is 31.0 Å². The summed E-state index contributed by atoms with van der Waals surface area (Å²) in [5, 5.41) is 3.49. The lowest BCUT2D eigenvalue weighted by atomic mass is 10.0. The molecule has 1 aliphatic rings. The van der Waals surface area contributed by atoms with Gasteiger partial charge in [0, 0.05) is 32.7 Å². The summed E-state index contributed by atoms with van der Waals surface area (Å²) in [4.78, 5) is 2.70. The van der Waals surface area contributed by atoms with Crippen LogP contribution in [0.2, 0.25) is 0 Å². The van der Waals surface area contributed by atoms with E-state index in [9.17, 15) is 0 Å². The summed E-state index contributed by atoms with van der Waals surface area (Å²) in [5.74, 6) is 0. The molecule has 0 radical (unpaired) electrons. The average Bonchev–Trinajstić information content (AvgIpc) is 2.34. The van der Waals surface area contributed by atoms with E-state index in [1.54, 1.807) is 21.3 Å². The number of azide groups is 1. The monoisotopic (exact) mass is 231 g/mol. The fraction of sp³-hybridized carbons (Fsp3) is 1.00. The van der Waals surface area contributed by atoms with Crippen molar-refractivity contribution < 1.29 is 18.9 Å². The SMILES string of the molecule is CO[C@H]1O[C@H](CN=[N+]=[N-])C[C@H](OC)[C@H]1OC. The van der Waals surface area contributed by atoms with Crippen molar-refractivity contribution in [2.75, 3.05) is 27.9 Å². The lowest BCUT2D eigenvalue weighted by Gasteiger charge is -2.39. The van der Waals surface area contributed by atoms with Crippen LogP contribution in [-0.2, 0) is 18.9 Å². The van der Waals surface area contributed by atoms with Gasteiger partial charge >= 0.3 is 0 Å². The molecular weight excluding hydrogens is 214 g/mol. The van der Waals surface area contributed by atoms with Crippen LogP contribution in [0.4, 0.5) is 0 Å². The van der Waals surface area contributed by atoms with Crippen molar-refractivity contribution >= 4 is 0 Å². The Kier molecular flexibility index (Phi) is 5.51. The molecule has 1 aliphatic heterocycles. The van der Waals surface area contributed by atoms with E-state index >= 15 is 0 Å². The first-order valence-electron chi connectivity index (χ1n) is 5.01. The molecule has 0 aromatic heterocycles. The number of methoxy groups -OCH3 is 3. The minimum atomic E-state index is -0.498. The summed E-state index contributed by atoms with van der Waals surface area (Å²) >= 11 is 0. The lowest BCUT2D eigenvalue weighted by molar-refractivity contribution is -0.265. The van der Waals surface area contributed by atoms with Gasteiger partial charge in [-0.3, -0.25) is 0 Å². The summed E-state index contributed by atoms with van der Waals surface area (Å²) < 4.78 is 21.3. The molecule has 7 nitrogen and oxygen atoms in total. The molecule has 0 saturated carbocycles. The third-order valence-electron chi connectivity index (χ3n) is 2.61. The fourth-order valence-corrected chi connectivity index (χ4v) is 1.82. The molecule has 0 aromatic carbocycles. The van der Waals surface area contributed by atoms with Crippen molar-refractivity contribution in [1.82, 2.24) is 0 Å². The first-order chi connectivity index (χ1) is 7.76. The highest BCUT2D eigenvalue weighted by molar-refractivity contribution is 4.84. The van der Waals surface area contributed by atoms with Crippen LogP contribution in [0.15, 0.2) is 5.11 Å². The normalized spacial score (nSPS) is 34.4. The predicted octanol–water partition coefficient (Wildman–Crippen LogP) is 1.09. The van der Waals surface area contributed by atoms with E-state index in [2.05, 4.69) is 10.0 Å². The summed E-state index contributed by atoms with van der Waals surface area (Å²) in [7, 11) is 4.73. The molecule has 0 unspecified atom stereocenters. The number of rotatable bonds is 5. The van der Waals surface area contributed by atoms with Crippen LogP contribution < -0.4 is 0 Å². The molecule has 0 bridgehead atoms. The Balaban J connectivity index is 2.65. The maximum atomic E-state index is 8.26. The summed E-state index contributed by atoms with van der Waals surface area (Å²) in [5.41, 5.74) is 8.26. The lowest BCUT2D eigenvalue weighted by Crippen LogP contribution is -2.51. The molecule has 1 saturated heterocycles. The minimum absolute atomic E-state index is 0.123. The highest BCUT2D eigenvalue weighted by atomic mass is 16.7. The van der Waals surface area contributed by atoms with E-state index in [-0.39, 0.29) is 24.9 Å². The van der Waals surface area contributed by atoms with Gasteiger partial charge in [-0.15, -0.1) is 0 Å². The van der Waals surface area contributed by atoms with Crippen LogP contribution >= 0.6 is 0 Å². The van der Waals surface area contributed by atoms with Crippen LogP contribution in [-0.4, -0.2) is 52.5 Å². The van der Waals surface area contributed by atoms with Crippen molar-refractivity contribution in [1.29, 1.82) is 0 Å². The second-order valence-corrected chi connectivity index (χ2v) is 3.49. The van der Waals surface area contributed by atoms with Crippen LogP contribution in [0.5, 0.6) is 0 Å². The first kappa shape index (κ1) is 13.2. The second-order valence-electron chi connectivity index (χ2n) is 3.49. The van der Waals surface area contributed by atoms with Gasteiger partial charge in [0.1, 0.15) is 6.10 Å². The smallest absolute Gasteiger partial charge is 0.186 e. The summed E-state index contributed by atoms with van der Waals surface area (Å²) in [6, 6.07) is 0. The Morgan fingerprint density at radius 2 is 2.06 bits per heavy atom. The Morgan fingerprint density at radius 1 is 1.31 bits per heavy atom. The third kappa shape index (κ3) is 3.07. The van der Waals surface area contributed by atoms with Gasteiger partial charge in [0.05, 0.1) is 18.8 Å². The molecule has 0 N–H and O–H groups in total. The molecule has 0 spiro atoms. The molecule has 1 heterocycles. The number of hydrogen-bond acceptors (Lipinski definition) is 5. The molecule has 0 aliphatic carbocycles. The van der Waals surface area contributed by atoms with Crippen molar-refractivity contribution in [3.63, 3.8) is 0 Å². The Morgan fingerprint density at radius 3 is 2.56 bits per heavy atom. The highest BCUT2D eigenvalue weighted by Crippen LogP contribution is 2.25. The molecule has 4 atom stereocenters. The average molecular weight is 231 g/mol. The highest BCUT2D eigenvalue weighted by Gasteiger charge is 2.39. The zero-order chi connectivity index (χ0) is 12.0. The minimum Gasteiger partial charge on any atom is -0.378 e. The molecule has 7 heteroatoms. The van der Waals surface area contributed by atoms with Gasteiger partial charge in [-0.1, -0.05) is 5.11 Å². The number of nitrogens with zero attached hydrogens (tertiary/aromatic N) is 3. The van der Waals surface area contributed by atoms with Crippen LogP contribution in [0.1, 0.15) is 6.42 Å². The van der Waals surface area contributed by atoms with Gasteiger partial charge in [-0.2, -0.15) is 0 Å². The van der Waals surface area contributed by atoms with E-state index in [1.807, 2.05) is 0 Å². The Labute approximate surface area is 94.2 Å². The standard InChI is InChI=1S/C9H17N3O4/c1-13-7-4-6(5-11-12-10)16-9(15-3)8(7)14-2/h6-9H,4-5H2,1-3H3/t6-,7-,8+,9-/m0/s1. The van der Waals surface area contributed by atoms with E-state index < -0.39 is 6.29 Å². The van der Waals surface area contributed by atoms with Gasteiger partial charge in [0.25, 0.3) is 0 Å². The molecule has 0 aromatic rings. The van der Waals surface area contributed by atoms with Crippen LogP contribution in [0.25, 0.3) is 10.4 Å². The Bertz CT molecular complexity index is 243. The van der Waals surface area contributed by atoms with Crippen LogP contribution in [0.3, 0.4) is 0 Å². The van der Waals surface area contributed by atoms with E-state index in [1.165, 1.54) is 0 Å². The maximum absolute atomic E-state index is 8.26. The van der Waals surface area contributed by atoms with Gasteiger partial charge in [-0.05, 0) is 5.53 Å². The molecule has 1 rings (SSSR count). The topological polar surface area (TPSA) is 85.7 Å². The van der Waals surface area contributed by atoms with Gasteiger partial charge in [0.15, 0.2) is 6.29 Å². The molecule has 1 fully saturated rings. The van der Waals surface area contributed by atoms with E-state index in [0.29, 0.717) is 6.42 Å².